The zero-order valence-electron chi connectivity index (χ0n) is 14.3. The number of carboxylic acids is 1. The van der Waals surface area contributed by atoms with Crippen LogP contribution in [-0.4, -0.2) is 67.6 Å². The van der Waals surface area contributed by atoms with Crippen molar-refractivity contribution in [3.05, 3.63) is 30.3 Å². The second-order valence-electron chi connectivity index (χ2n) is 6.13. The number of hydrogen-bond donors (Lipinski definition) is 3. The number of aliphatic hydroxyl groups excluding tert-OH is 1. The van der Waals surface area contributed by atoms with Crippen LogP contribution in [0.1, 0.15) is 19.8 Å². The van der Waals surface area contributed by atoms with Crippen LogP contribution in [0.5, 0.6) is 0 Å². The van der Waals surface area contributed by atoms with Gasteiger partial charge in [-0.2, -0.15) is 0 Å². The molecule has 1 fully saturated rings. The first kappa shape index (κ1) is 20.1. The number of aliphatic carboxylic acids is 1. The molecule has 26 heavy (non-hydrogen) atoms. The van der Waals surface area contributed by atoms with Crippen LogP contribution in [0.25, 0.3) is 0 Å². The highest BCUT2D eigenvalue weighted by Gasteiger charge is 2.38. The van der Waals surface area contributed by atoms with Gasteiger partial charge in [0, 0.05) is 30.5 Å². The van der Waals surface area contributed by atoms with Gasteiger partial charge in [-0.3, -0.25) is 13.8 Å². The zero-order chi connectivity index (χ0) is 19.3. The number of nitrogens with one attached hydrogen (secondary N) is 1. The van der Waals surface area contributed by atoms with E-state index in [1.807, 2.05) is 0 Å². The summed E-state index contributed by atoms with van der Waals surface area (Å²) in [5.74, 6) is -2.16. The van der Waals surface area contributed by atoms with Crippen LogP contribution in [-0.2, 0) is 25.2 Å². The predicted molar refractivity (Wildman–Crippen MR) is 93.7 cm³/mol. The van der Waals surface area contributed by atoms with Gasteiger partial charge in [-0.1, -0.05) is 18.2 Å². The Bertz CT molecular complexity index is 696. The van der Waals surface area contributed by atoms with Crippen LogP contribution in [0.3, 0.4) is 0 Å². The van der Waals surface area contributed by atoms with Gasteiger partial charge in [-0.25, -0.2) is 4.79 Å². The summed E-state index contributed by atoms with van der Waals surface area (Å²) < 4.78 is 12.2. The normalized spacial score (nSPS) is 21.8. The molecule has 1 heterocycles. The Hall–Kier alpha value is -2.26. The standard InChI is InChI=1S/C17H22N2O6S/c1-11(20)19-10-12(21)9-15(19)16(22)18-14(17(23)24)7-8-26(25)13-5-3-2-4-6-13/h2-6,12,14-15,21H,7-10H2,1H3,(H,18,22)(H,23,24)/t12-,14-,15+,26-/m1/s1. The third-order valence-electron chi connectivity index (χ3n) is 4.20. The number of aliphatic hydroxyl groups is 1. The lowest BCUT2D eigenvalue weighted by Crippen LogP contribution is -2.50. The minimum atomic E-state index is -1.38. The van der Waals surface area contributed by atoms with E-state index >= 15 is 0 Å². The molecule has 9 heteroatoms. The van der Waals surface area contributed by atoms with Crippen LogP contribution in [0.15, 0.2) is 35.2 Å². The van der Waals surface area contributed by atoms with Crippen molar-refractivity contribution in [3.8, 4) is 0 Å². The molecule has 1 aliphatic heterocycles. The number of carboxylic acid groups (broad SMARTS) is 1. The molecule has 1 saturated heterocycles. The maximum atomic E-state index is 12.4. The zero-order valence-corrected chi connectivity index (χ0v) is 15.1. The van der Waals surface area contributed by atoms with Gasteiger partial charge in [0.15, 0.2) is 0 Å². The van der Waals surface area contributed by atoms with Crippen LogP contribution in [0.4, 0.5) is 0 Å². The maximum absolute atomic E-state index is 12.4. The Morgan fingerprint density at radius 1 is 1.31 bits per heavy atom. The van der Waals surface area contributed by atoms with Gasteiger partial charge in [0.1, 0.15) is 12.1 Å². The Balaban J connectivity index is 1.97. The van der Waals surface area contributed by atoms with Crippen molar-refractivity contribution >= 4 is 28.6 Å². The van der Waals surface area contributed by atoms with Crippen molar-refractivity contribution in [2.45, 2.75) is 42.8 Å². The summed E-state index contributed by atoms with van der Waals surface area (Å²) in [5.41, 5.74) is 0. The van der Waals surface area contributed by atoms with Gasteiger partial charge in [-0.05, 0) is 18.6 Å². The number of β-amino-alcohol motifs (C(OH)–C–C–N with tert-alkyl or cyclic N) is 1. The van der Waals surface area contributed by atoms with Gasteiger partial charge < -0.3 is 20.4 Å². The Kier molecular flexibility index (Phi) is 6.87. The fraction of sp³-hybridized carbons (Fsp3) is 0.471. The largest absolute Gasteiger partial charge is 0.480 e. The lowest BCUT2D eigenvalue weighted by atomic mass is 10.1. The fourth-order valence-electron chi connectivity index (χ4n) is 2.85. The second-order valence-corrected chi connectivity index (χ2v) is 7.70. The van der Waals surface area contributed by atoms with E-state index in [4.69, 9.17) is 0 Å². The molecule has 1 aliphatic rings. The molecule has 0 unspecified atom stereocenters. The highest BCUT2D eigenvalue weighted by Crippen LogP contribution is 2.18. The van der Waals surface area contributed by atoms with Crippen LogP contribution >= 0.6 is 0 Å². The van der Waals surface area contributed by atoms with Gasteiger partial charge in [0.05, 0.1) is 16.9 Å². The van der Waals surface area contributed by atoms with Crippen molar-refractivity contribution in [2.75, 3.05) is 12.3 Å². The minimum absolute atomic E-state index is 0.0159. The molecule has 0 saturated carbocycles. The van der Waals surface area contributed by atoms with Gasteiger partial charge in [-0.15, -0.1) is 0 Å². The van der Waals surface area contributed by atoms with Crippen LogP contribution < -0.4 is 5.32 Å². The SMILES string of the molecule is CC(=O)N1C[C@H](O)C[C@H]1C(=O)N[C@H](CC[S@@](=O)c1ccccc1)C(=O)O. The molecule has 2 rings (SSSR count). The number of hydrogen-bond acceptors (Lipinski definition) is 5. The summed E-state index contributed by atoms with van der Waals surface area (Å²) in [6.45, 7) is 1.33. The van der Waals surface area contributed by atoms with Crippen molar-refractivity contribution in [1.29, 1.82) is 0 Å². The first-order chi connectivity index (χ1) is 12.3. The van der Waals surface area contributed by atoms with Crippen molar-refractivity contribution < 1.29 is 28.8 Å². The lowest BCUT2D eigenvalue weighted by Gasteiger charge is -2.24. The molecule has 0 spiro atoms. The van der Waals surface area contributed by atoms with Crippen molar-refractivity contribution in [2.24, 2.45) is 0 Å². The summed E-state index contributed by atoms with van der Waals surface area (Å²) in [5, 5.41) is 21.4. The molecule has 142 valence electrons. The highest BCUT2D eigenvalue weighted by atomic mass is 32.2. The van der Waals surface area contributed by atoms with E-state index in [1.165, 1.54) is 11.8 Å². The molecule has 3 N–H and O–H groups in total. The van der Waals surface area contributed by atoms with Gasteiger partial charge >= 0.3 is 5.97 Å². The molecular formula is C17H22N2O6S. The Labute approximate surface area is 153 Å². The van der Waals surface area contributed by atoms with E-state index in [2.05, 4.69) is 5.32 Å². The fourth-order valence-corrected chi connectivity index (χ4v) is 4.00. The molecule has 8 nitrogen and oxygen atoms in total. The highest BCUT2D eigenvalue weighted by molar-refractivity contribution is 7.85. The van der Waals surface area contributed by atoms with E-state index in [0.29, 0.717) is 4.90 Å². The first-order valence-corrected chi connectivity index (χ1v) is 9.53. The summed E-state index contributed by atoms with van der Waals surface area (Å²) in [6.07, 6.45) is -0.769. The van der Waals surface area contributed by atoms with Crippen LogP contribution in [0.2, 0.25) is 0 Å². The lowest BCUT2D eigenvalue weighted by molar-refractivity contribution is -0.143. The van der Waals surface area contributed by atoms with E-state index < -0.39 is 40.9 Å². The third kappa shape index (κ3) is 5.12. The van der Waals surface area contributed by atoms with Gasteiger partial charge in [0.25, 0.3) is 0 Å². The molecule has 2 amide bonds. The smallest absolute Gasteiger partial charge is 0.326 e. The number of nitrogens with zero attached hydrogens (tertiary/aromatic N) is 1. The van der Waals surface area contributed by atoms with Crippen LogP contribution in [0, 0.1) is 0 Å². The number of benzene rings is 1. The van der Waals surface area contributed by atoms with E-state index in [9.17, 15) is 28.8 Å². The molecule has 4 atom stereocenters. The molecule has 0 aliphatic carbocycles. The molecular weight excluding hydrogens is 360 g/mol. The Morgan fingerprint density at radius 2 is 1.96 bits per heavy atom. The van der Waals surface area contributed by atoms with Gasteiger partial charge in [0.2, 0.25) is 11.8 Å². The molecule has 0 radical (unpaired) electrons. The van der Waals surface area contributed by atoms with E-state index in [1.54, 1.807) is 30.3 Å². The topological polar surface area (TPSA) is 124 Å². The van der Waals surface area contributed by atoms with E-state index in [0.717, 1.165) is 0 Å². The minimum Gasteiger partial charge on any atom is -0.480 e. The third-order valence-corrected chi connectivity index (χ3v) is 5.60. The number of amides is 2. The van der Waals surface area contributed by atoms with Crippen molar-refractivity contribution in [1.82, 2.24) is 10.2 Å². The number of rotatable bonds is 7. The predicted octanol–water partition coefficient (Wildman–Crippen LogP) is -0.265. The van der Waals surface area contributed by atoms with E-state index in [-0.39, 0.29) is 31.0 Å². The summed E-state index contributed by atoms with van der Waals surface area (Å²) in [6, 6.07) is 6.53. The first-order valence-electron chi connectivity index (χ1n) is 8.21. The quantitative estimate of drug-likeness (QED) is 0.597. The average molecular weight is 382 g/mol. The molecule has 1 aromatic carbocycles. The monoisotopic (exact) mass is 382 g/mol. The summed E-state index contributed by atoms with van der Waals surface area (Å²) >= 11 is 0. The summed E-state index contributed by atoms with van der Waals surface area (Å²) in [7, 11) is -1.38. The van der Waals surface area contributed by atoms with Crippen molar-refractivity contribution in [3.63, 3.8) is 0 Å². The number of carbonyl (C=O) groups is 3. The number of likely N-dealkylation sites (tertiary alicyclic amines) is 1. The second kappa shape index (κ2) is 8.91. The summed E-state index contributed by atoms with van der Waals surface area (Å²) in [4.78, 5) is 37.2. The molecule has 0 aromatic heterocycles. The maximum Gasteiger partial charge on any atom is 0.326 e. The number of carbonyl (C=O) groups excluding carboxylic acids is 2. The molecule has 0 bridgehead atoms. The average Bonchev–Trinajstić information content (AvgIpc) is 3.01. The molecule has 1 aromatic rings. The Morgan fingerprint density at radius 3 is 2.54 bits per heavy atom.